The average Bonchev–Trinajstić information content (AvgIpc) is 2.34. The van der Waals surface area contributed by atoms with Crippen LogP contribution >= 0.6 is 15.9 Å². The normalized spacial score (nSPS) is 16.4. The van der Waals surface area contributed by atoms with Gasteiger partial charge in [-0.05, 0) is 37.0 Å². The van der Waals surface area contributed by atoms with Gasteiger partial charge in [0, 0.05) is 17.1 Å². The van der Waals surface area contributed by atoms with Gasteiger partial charge in [0.15, 0.2) is 0 Å². The molecule has 0 heterocycles. The molecule has 0 N–H and O–H groups in total. The number of nitrogens with zero attached hydrogens (tertiary/aromatic N) is 1. The summed E-state index contributed by atoms with van der Waals surface area (Å²) in [5.41, 5.74) is 1.46. The number of carbonyl (C=O) groups excluding carboxylic acids is 1. The fourth-order valence-corrected chi connectivity index (χ4v) is 3.10. The number of ether oxygens (including phenoxy) is 2. The summed E-state index contributed by atoms with van der Waals surface area (Å²) < 4.78 is 11.6. The fraction of sp³-hybridized carbons (Fsp3) is 0.500. The van der Waals surface area contributed by atoms with Crippen LogP contribution in [-0.4, -0.2) is 20.3 Å². The minimum Gasteiger partial charge on any atom is -0.496 e. The molecule has 0 saturated heterocycles. The van der Waals surface area contributed by atoms with Gasteiger partial charge in [-0.15, -0.1) is 0 Å². The van der Waals surface area contributed by atoms with Crippen molar-refractivity contribution in [3.63, 3.8) is 0 Å². The van der Waals surface area contributed by atoms with E-state index in [2.05, 4.69) is 20.9 Å². The molecular weight excluding hydrogens is 310 g/mol. The Hall–Kier alpha value is -1.16. The van der Waals surface area contributed by atoms with Crippen LogP contribution in [0.2, 0.25) is 0 Å². The molecule has 0 aliphatic heterocycles. The molecule has 1 saturated carbocycles. The lowest BCUT2D eigenvalue weighted by Gasteiger charge is -2.39. The number of halogens is 1. The maximum Gasteiger partial charge on any atom is 0.235 e. The van der Waals surface area contributed by atoms with E-state index in [1.165, 1.54) is 0 Å². The van der Waals surface area contributed by atoms with Crippen LogP contribution in [0.4, 0.5) is 0 Å². The summed E-state index contributed by atoms with van der Waals surface area (Å²) in [7, 11) is 3.27. The van der Waals surface area contributed by atoms with Crippen molar-refractivity contribution < 1.29 is 14.3 Å². The molecule has 0 unspecified atom stereocenters. The van der Waals surface area contributed by atoms with E-state index in [0.717, 1.165) is 40.6 Å². The molecule has 5 heteroatoms. The monoisotopic (exact) mass is 325 g/mol. The smallest absolute Gasteiger partial charge is 0.235 e. The van der Waals surface area contributed by atoms with Gasteiger partial charge in [-0.2, -0.15) is 4.99 Å². The maximum atomic E-state index is 10.7. The van der Waals surface area contributed by atoms with Crippen LogP contribution in [0.1, 0.15) is 30.4 Å². The van der Waals surface area contributed by atoms with E-state index in [1.54, 1.807) is 20.3 Å². The van der Waals surface area contributed by atoms with Crippen molar-refractivity contribution in [2.45, 2.75) is 31.4 Å². The van der Waals surface area contributed by atoms with Crippen molar-refractivity contribution in [3.8, 4) is 5.75 Å². The van der Waals surface area contributed by atoms with Gasteiger partial charge in [0.1, 0.15) is 11.3 Å². The Morgan fingerprint density at radius 2 is 2.16 bits per heavy atom. The second-order valence-electron chi connectivity index (χ2n) is 4.66. The van der Waals surface area contributed by atoms with Crippen LogP contribution in [0.5, 0.6) is 5.75 Å². The highest BCUT2D eigenvalue weighted by atomic mass is 79.9. The standard InChI is InChI=1S/C14H16BrNO3/c1-18-8-10-6-11(15)7-12(19-2)13(10)14(16-9-17)4-3-5-14/h6-7H,3-5,8H2,1-2H3. The first-order valence-corrected chi connectivity index (χ1v) is 6.91. The Kier molecular flexibility index (Phi) is 4.40. The van der Waals surface area contributed by atoms with Gasteiger partial charge in [-0.25, -0.2) is 4.79 Å². The van der Waals surface area contributed by atoms with Crippen LogP contribution < -0.4 is 4.74 Å². The number of methoxy groups -OCH3 is 2. The molecule has 1 aliphatic rings. The largest absolute Gasteiger partial charge is 0.496 e. The summed E-state index contributed by atoms with van der Waals surface area (Å²) in [6.07, 6.45) is 4.45. The van der Waals surface area contributed by atoms with Crippen molar-refractivity contribution in [2.24, 2.45) is 4.99 Å². The minimum absolute atomic E-state index is 0.460. The zero-order valence-corrected chi connectivity index (χ0v) is 12.6. The first-order valence-electron chi connectivity index (χ1n) is 6.11. The third-order valence-electron chi connectivity index (χ3n) is 3.57. The number of benzene rings is 1. The van der Waals surface area contributed by atoms with Crippen LogP contribution in [0, 0.1) is 0 Å². The third kappa shape index (κ3) is 2.59. The Balaban J connectivity index is 2.61. The number of hydrogen-bond donors (Lipinski definition) is 0. The number of rotatable bonds is 5. The van der Waals surface area contributed by atoms with E-state index in [1.807, 2.05) is 12.1 Å². The zero-order chi connectivity index (χ0) is 13.9. The van der Waals surface area contributed by atoms with Crippen LogP contribution in [0.15, 0.2) is 21.6 Å². The highest BCUT2D eigenvalue weighted by Crippen LogP contribution is 2.50. The minimum atomic E-state index is -0.484. The number of aliphatic imine (C=N–C) groups is 1. The lowest BCUT2D eigenvalue weighted by atomic mass is 9.70. The van der Waals surface area contributed by atoms with Gasteiger partial charge < -0.3 is 9.47 Å². The molecule has 1 aliphatic carbocycles. The maximum absolute atomic E-state index is 10.7. The summed E-state index contributed by atoms with van der Waals surface area (Å²) in [5.74, 6) is 0.736. The molecule has 0 radical (unpaired) electrons. The van der Waals surface area contributed by atoms with Gasteiger partial charge in [-0.3, -0.25) is 0 Å². The van der Waals surface area contributed by atoms with Gasteiger partial charge in [0.2, 0.25) is 6.08 Å². The number of hydrogen-bond acceptors (Lipinski definition) is 4. The summed E-state index contributed by atoms with van der Waals surface area (Å²) in [5, 5.41) is 0. The zero-order valence-electron chi connectivity index (χ0n) is 11.0. The molecule has 0 amide bonds. The highest BCUT2D eigenvalue weighted by Gasteiger charge is 2.42. The number of isocyanates is 1. The van der Waals surface area contributed by atoms with E-state index in [0.29, 0.717) is 6.61 Å². The summed E-state index contributed by atoms with van der Waals surface area (Å²) in [6, 6.07) is 3.89. The molecule has 19 heavy (non-hydrogen) atoms. The molecule has 2 rings (SSSR count). The van der Waals surface area contributed by atoms with Crippen molar-refractivity contribution in [1.29, 1.82) is 0 Å². The molecule has 4 nitrogen and oxygen atoms in total. The van der Waals surface area contributed by atoms with E-state index in [9.17, 15) is 4.79 Å². The molecule has 0 spiro atoms. The van der Waals surface area contributed by atoms with Gasteiger partial charge in [0.05, 0.1) is 13.7 Å². The molecule has 0 aromatic heterocycles. The van der Waals surface area contributed by atoms with E-state index >= 15 is 0 Å². The SMILES string of the molecule is COCc1cc(Br)cc(OC)c1C1(N=C=O)CCC1. The molecule has 102 valence electrons. The van der Waals surface area contributed by atoms with Crippen molar-refractivity contribution in [2.75, 3.05) is 14.2 Å². The molecular formula is C14H16BrNO3. The molecule has 0 atom stereocenters. The van der Waals surface area contributed by atoms with Crippen molar-refractivity contribution in [1.82, 2.24) is 0 Å². The van der Waals surface area contributed by atoms with Crippen LogP contribution in [0.25, 0.3) is 0 Å². The topological polar surface area (TPSA) is 47.9 Å². The molecule has 1 fully saturated rings. The Labute approximate surface area is 120 Å². The average molecular weight is 326 g/mol. The van der Waals surface area contributed by atoms with Gasteiger partial charge in [-0.1, -0.05) is 15.9 Å². The first-order chi connectivity index (χ1) is 9.16. The van der Waals surface area contributed by atoms with Crippen molar-refractivity contribution in [3.05, 3.63) is 27.7 Å². The lowest BCUT2D eigenvalue weighted by Crippen LogP contribution is -2.33. The highest BCUT2D eigenvalue weighted by molar-refractivity contribution is 9.10. The quantitative estimate of drug-likeness (QED) is 0.616. The van der Waals surface area contributed by atoms with E-state index in [4.69, 9.17) is 9.47 Å². The predicted octanol–water partition coefficient (Wildman–Crippen LogP) is 3.32. The molecule has 0 bridgehead atoms. The second kappa shape index (κ2) is 5.87. The summed E-state index contributed by atoms with van der Waals surface area (Å²) >= 11 is 3.46. The summed E-state index contributed by atoms with van der Waals surface area (Å²) in [6.45, 7) is 0.460. The van der Waals surface area contributed by atoms with E-state index in [-0.39, 0.29) is 0 Å². The lowest BCUT2D eigenvalue weighted by molar-refractivity contribution is 0.176. The third-order valence-corrected chi connectivity index (χ3v) is 4.03. The van der Waals surface area contributed by atoms with Crippen LogP contribution in [-0.2, 0) is 21.7 Å². The van der Waals surface area contributed by atoms with E-state index < -0.39 is 5.54 Å². The Morgan fingerprint density at radius 3 is 2.63 bits per heavy atom. The Morgan fingerprint density at radius 1 is 1.42 bits per heavy atom. The predicted molar refractivity (Wildman–Crippen MR) is 75.1 cm³/mol. The van der Waals surface area contributed by atoms with Gasteiger partial charge in [0.25, 0.3) is 0 Å². The summed E-state index contributed by atoms with van der Waals surface area (Å²) in [4.78, 5) is 14.8. The first kappa shape index (κ1) is 14.3. The fourth-order valence-electron chi connectivity index (χ4n) is 2.61. The van der Waals surface area contributed by atoms with Crippen LogP contribution in [0.3, 0.4) is 0 Å². The van der Waals surface area contributed by atoms with Gasteiger partial charge >= 0.3 is 0 Å². The molecule has 1 aromatic rings. The Bertz CT molecular complexity index is 520. The second-order valence-corrected chi connectivity index (χ2v) is 5.58. The molecule has 1 aromatic carbocycles. The van der Waals surface area contributed by atoms with Crippen molar-refractivity contribution >= 4 is 22.0 Å².